The van der Waals surface area contributed by atoms with Gasteiger partial charge in [-0.3, -0.25) is 14.9 Å². The van der Waals surface area contributed by atoms with Crippen molar-refractivity contribution in [3.8, 4) is 0 Å². The number of rotatable bonds is 9. The molecule has 0 spiro atoms. The van der Waals surface area contributed by atoms with Crippen LogP contribution in [-0.2, 0) is 9.53 Å². The molecule has 0 saturated heterocycles. The zero-order chi connectivity index (χ0) is 15.7. The number of nitro groups is 1. The molecule has 116 valence electrons. The molecule has 1 rings (SSSR count). The molecule has 0 atom stereocenters. The number of nitrogens with zero attached hydrogens (tertiary/aromatic N) is 3. The van der Waals surface area contributed by atoms with Crippen molar-refractivity contribution in [1.29, 1.82) is 0 Å². The van der Waals surface area contributed by atoms with Crippen molar-refractivity contribution in [2.75, 3.05) is 30.3 Å². The Morgan fingerprint density at radius 2 is 2.00 bits per heavy atom. The van der Waals surface area contributed by atoms with Crippen molar-refractivity contribution in [1.82, 2.24) is 9.97 Å². The maximum atomic E-state index is 11.2. The first-order valence-corrected chi connectivity index (χ1v) is 6.72. The van der Waals surface area contributed by atoms with Crippen molar-refractivity contribution < 1.29 is 14.5 Å². The quantitative estimate of drug-likeness (QED) is 0.305. The van der Waals surface area contributed by atoms with Crippen molar-refractivity contribution in [2.45, 2.75) is 26.7 Å². The van der Waals surface area contributed by atoms with Gasteiger partial charge in [0, 0.05) is 19.5 Å². The van der Waals surface area contributed by atoms with Crippen molar-refractivity contribution in [3.05, 3.63) is 16.4 Å². The van der Waals surface area contributed by atoms with E-state index in [0.717, 1.165) is 0 Å². The number of anilines is 2. The van der Waals surface area contributed by atoms with Crippen molar-refractivity contribution >= 4 is 23.3 Å². The molecule has 1 aromatic rings. The lowest BCUT2D eigenvalue weighted by atomic mass is 10.3. The summed E-state index contributed by atoms with van der Waals surface area (Å²) < 4.78 is 4.80. The van der Waals surface area contributed by atoms with Crippen LogP contribution in [0.4, 0.5) is 17.3 Å². The summed E-state index contributed by atoms with van der Waals surface area (Å²) in [6.45, 7) is 4.79. The van der Waals surface area contributed by atoms with Gasteiger partial charge in [0.2, 0.25) is 11.6 Å². The Morgan fingerprint density at radius 1 is 1.33 bits per heavy atom. The highest BCUT2D eigenvalue weighted by atomic mass is 16.6. The van der Waals surface area contributed by atoms with Gasteiger partial charge in [-0.1, -0.05) is 0 Å². The Hall–Kier alpha value is -2.45. The summed E-state index contributed by atoms with van der Waals surface area (Å²) in [4.78, 5) is 29.5. The minimum atomic E-state index is -0.536. The number of esters is 1. The Morgan fingerprint density at radius 3 is 2.57 bits per heavy atom. The van der Waals surface area contributed by atoms with E-state index >= 15 is 0 Å². The summed E-state index contributed by atoms with van der Waals surface area (Å²) in [6, 6.07) is 0. The van der Waals surface area contributed by atoms with E-state index in [-0.39, 0.29) is 29.7 Å². The predicted octanol–water partition coefficient (Wildman–Crippen LogP) is 1.57. The molecule has 0 bridgehead atoms. The molecule has 0 saturated carbocycles. The van der Waals surface area contributed by atoms with Crippen LogP contribution in [0.1, 0.15) is 26.7 Å². The second kappa shape index (κ2) is 8.67. The highest BCUT2D eigenvalue weighted by molar-refractivity contribution is 5.70. The number of aromatic nitrogens is 2. The van der Waals surface area contributed by atoms with Gasteiger partial charge in [0.15, 0.2) is 0 Å². The number of hydrogen-bond donors (Lipinski definition) is 2. The largest absolute Gasteiger partial charge is 0.466 e. The van der Waals surface area contributed by atoms with E-state index in [0.29, 0.717) is 26.1 Å². The van der Waals surface area contributed by atoms with E-state index in [4.69, 9.17) is 4.74 Å². The Kier molecular flexibility index (Phi) is 6.85. The first kappa shape index (κ1) is 16.6. The molecular formula is C12H19N5O4. The van der Waals surface area contributed by atoms with Gasteiger partial charge in [-0.05, 0) is 20.3 Å². The van der Waals surface area contributed by atoms with Gasteiger partial charge < -0.3 is 15.4 Å². The first-order chi connectivity index (χ1) is 10.1. The second-order valence-corrected chi connectivity index (χ2v) is 4.04. The van der Waals surface area contributed by atoms with Crippen LogP contribution in [0.3, 0.4) is 0 Å². The van der Waals surface area contributed by atoms with Gasteiger partial charge >= 0.3 is 11.7 Å². The SMILES string of the molecule is CCNc1ncnc(NCCCC(=O)OCC)c1[N+](=O)[O-]. The van der Waals surface area contributed by atoms with Gasteiger partial charge in [0.1, 0.15) is 6.33 Å². The van der Waals surface area contributed by atoms with Crippen LogP contribution in [0, 0.1) is 10.1 Å². The monoisotopic (exact) mass is 297 g/mol. The predicted molar refractivity (Wildman–Crippen MR) is 77.2 cm³/mol. The number of nitrogens with one attached hydrogen (secondary N) is 2. The van der Waals surface area contributed by atoms with Crippen molar-refractivity contribution in [3.63, 3.8) is 0 Å². The Balaban J connectivity index is 2.64. The van der Waals surface area contributed by atoms with Gasteiger partial charge in [0.05, 0.1) is 11.5 Å². The third-order valence-electron chi connectivity index (χ3n) is 2.50. The van der Waals surface area contributed by atoms with E-state index in [1.54, 1.807) is 6.92 Å². The van der Waals surface area contributed by atoms with Crippen LogP contribution >= 0.6 is 0 Å². The lowest BCUT2D eigenvalue weighted by Crippen LogP contribution is -2.12. The van der Waals surface area contributed by atoms with Crippen LogP contribution in [-0.4, -0.2) is 40.6 Å². The van der Waals surface area contributed by atoms with Gasteiger partial charge in [-0.15, -0.1) is 0 Å². The van der Waals surface area contributed by atoms with Crippen LogP contribution in [0.2, 0.25) is 0 Å². The lowest BCUT2D eigenvalue weighted by molar-refractivity contribution is -0.383. The van der Waals surface area contributed by atoms with Gasteiger partial charge in [-0.2, -0.15) is 0 Å². The maximum absolute atomic E-state index is 11.2. The molecule has 2 N–H and O–H groups in total. The summed E-state index contributed by atoms with van der Waals surface area (Å²) in [6.07, 6.45) is 2.00. The molecule has 0 unspecified atom stereocenters. The fourth-order valence-corrected chi connectivity index (χ4v) is 1.65. The number of hydrogen-bond acceptors (Lipinski definition) is 8. The molecule has 1 aromatic heterocycles. The molecule has 0 aliphatic rings. The summed E-state index contributed by atoms with van der Waals surface area (Å²) >= 11 is 0. The highest BCUT2D eigenvalue weighted by Crippen LogP contribution is 2.28. The van der Waals surface area contributed by atoms with Crippen LogP contribution < -0.4 is 10.6 Å². The van der Waals surface area contributed by atoms with E-state index in [1.807, 2.05) is 6.92 Å². The van der Waals surface area contributed by atoms with E-state index in [2.05, 4.69) is 20.6 Å². The molecule has 9 nitrogen and oxygen atoms in total. The third-order valence-corrected chi connectivity index (χ3v) is 2.50. The number of ether oxygens (including phenoxy) is 1. The number of carbonyl (C=O) groups excluding carboxylic acids is 1. The summed E-state index contributed by atoms with van der Waals surface area (Å²) in [7, 11) is 0. The molecular weight excluding hydrogens is 278 g/mol. The molecule has 21 heavy (non-hydrogen) atoms. The second-order valence-electron chi connectivity index (χ2n) is 4.04. The average Bonchev–Trinajstić information content (AvgIpc) is 2.44. The normalized spacial score (nSPS) is 10.0. The van der Waals surface area contributed by atoms with Gasteiger partial charge in [0.25, 0.3) is 0 Å². The fourth-order valence-electron chi connectivity index (χ4n) is 1.65. The third kappa shape index (κ3) is 5.21. The smallest absolute Gasteiger partial charge is 0.353 e. The molecule has 0 aliphatic heterocycles. The van der Waals surface area contributed by atoms with Crippen molar-refractivity contribution in [2.24, 2.45) is 0 Å². The van der Waals surface area contributed by atoms with E-state index < -0.39 is 4.92 Å². The number of carbonyl (C=O) groups is 1. The molecule has 0 aliphatic carbocycles. The minimum Gasteiger partial charge on any atom is -0.466 e. The van der Waals surface area contributed by atoms with Crippen LogP contribution in [0.5, 0.6) is 0 Å². The van der Waals surface area contributed by atoms with Crippen LogP contribution in [0.25, 0.3) is 0 Å². The van der Waals surface area contributed by atoms with E-state index in [1.165, 1.54) is 6.33 Å². The lowest BCUT2D eigenvalue weighted by Gasteiger charge is -2.08. The maximum Gasteiger partial charge on any atom is 0.353 e. The molecule has 9 heteroatoms. The molecule has 0 fully saturated rings. The van der Waals surface area contributed by atoms with Gasteiger partial charge in [-0.25, -0.2) is 9.97 Å². The molecule has 1 heterocycles. The zero-order valence-electron chi connectivity index (χ0n) is 12.1. The zero-order valence-corrected chi connectivity index (χ0v) is 12.1. The first-order valence-electron chi connectivity index (χ1n) is 6.72. The average molecular weight is 297 g/mol. The summed E-state index contributed by atoms with van der Waals surface area (Å²) in [5.41, 5.74) is -0.199. The molecule has 0 amide bonds. The van der Waals surface area contributed by atoms with E-state index in [9.17, 15) is 14.9 Å². The Labute approximate surface area is 122 Å². The fraction of sp³-hybridized carbons (Fsp3) is 0.583. The molecule has 0 aromatic carbocycles. The molecule has 0 radical (unpaired) electrons. The topological polar surface area (TPSA) is 119 Å². The summed E-state index contributed by atoms with van der Waals surface area (Å²) in [5, 5.41) is 16.8. The minimum absolute atomic E-state index is 0.134. The summed E-state index contributed by atoms with van der Waals surface area (Å²) in [5.74, 6) is 0.0185. The Bertz CT molecular complexity index is 495. The highest BCUT2D eigenvalue weighted by Gasteiger charge is 2.22. The standard InChI is InChI=1S/C12H19N5O4/c1-3-13-11-10(17(19)20)12(16-8-15-11)14-7-5-6-9(18)21-4-2/h8H,3-7H2,1-2H3,(H2,13,14,15,16). The van der Waals surface area contributed by atoms with Crippen LogP contribution in [0.15, 0.2) is 6.33 Å².